The second-order valence-corrected chi connectivity index (χ2v) is 7.53. The highest BCUT2D eigenvalue weighted by atomic mass is 32.2. The van der Waals surface area contributed by atoms with Gasteiger partial charge in [0, 0.05) is 13.1 Å². The number of hydrazone groups is 1. The molecule has 0 saturated heterocycles. The molecule has 2 rings (SSSR count). The summed E-state index contributed by atoms with van der Waals surface area (Å²) in [5, 5.41) is 3.82. The van der Waals surface area contributed by atoms with Crippen molar-refractivity contribution >= 4 is 22.1 Å². The summed E-state index contributed by atoms with van der Waals surface area (Å²) < 4.78 is 36.4. The summed E-state index contributed by atoms with van der Waals surface area (Å²) in [4.78, 5) is 12.0. The Balaban J connectivity index is 2.04. The molecular formula is C18H21N3O5S. The van der Waals surface area contributed by atoms with Crippen LogP contribution >= 0.6 is 0 Å². The second kappa shape index (κ2) is 9.15. The molecule has 8 nitrogen and oxygen atoms in total. The van der Waals surface area contributed by atoms with Crippen LogP contribution in [0.2, 0.25) is 0 Å². The minimum atomic E-state index is -3.88. The van der Waals surface area contributed by atoms with Crippen LogP contribution in [0.1, 0.15) is 5.56 Å². The summed E-state index contributed by atoms with van der Waals surface area (Å²) in [6.45, 7) is -0.386. The Kier molecular flexibility index (Phi) is 6.91. The molecule has 0 aromatic heterocycles. The number of nitrogens with zero attached hydrogens (tertiary/aromatic N) is 2. The maximum atomic E-state index is 12.6. The first-order valence-corrected chi connectivity index (χ1v) is 9.38. The number of sulfonamides is 1. The van der Waals surface area contributed by atoms with Crippen LogP contribution in [0.25, 0.3) is 0 Å². The molecule has 0 radical (unpaired) electrons. The topological polar surface area (TPSA) is 97.3 Å². The largest absolute Gasteiger partial charge is 0.493 e. The third-order valence-corrected chi connectivity index (χ3v) is 5.43. The molecule has 2 aromatic carbocycles. The van der Waals surface area contributed by atoms with E-state index < -0.39 is 15.9 Å². The molecule has 0 bridgehead atoms. The predicted molar refractivity (Wildman–Crippen MR) is 102 cm³/mol. The molecule has 9 heteroatoms. The first-order chi connectivity index (χ1) is 12.9. The summed E-state index contributed by atoms with van der Waals surface area (Å²) >= 11 is 0. The van der Waals surface area contributed by atoms with Crippen molar-refractivity contribution in [1.82, 2.24) is 9.73 Å². The van der Waals surface area contributed by atoms with Gasteiger partial charge in [-0.05, 0) is 17.7 Å². The van der Waals surface area contributed by atoms with Crippen molar-refractivity contribution in [3.8, 4) is 11.5 Å². The van der Waals surface area contributed by atoms with Gasteiger partial charge in [-0.3, -0.25) is 4.79 Å². The van der Waals surface area contributed by atoms with Crippen molar-refractivity contribution in [2.75, 3.05) is 27.8 Å². The fraction of sp³-hybridized carbons (Fsp3) is 0.222. The summed E-state index contributed by atoms with van der Waals surface area (Å²) in [6, 6.07) is 13.4. The zero-order valence-corrected chi connectivity index (χ0v) is 16.1. The molecule has 0 aliphatic carbocycles. The number of carbonyl (C=O) groups is 1. The molecule has 0 aliphatic rings. The molecule has 1 N–H and O–H groups in total. The Labute approximate surface area is 158 Å². The van der Waals surface area contributed by atoms with Gasteiger partial charge in [0.15, 0.2) is 11.5 Å². The molecule has 2 aromatic rings. The van der Waals surface area contributed by atoms with Gasteiger partial charge < -0.3 is 9.47 Å². The number of hydrogen-bond acceptors (Lipinski definition) is 6. The predicted octanol–water partition coefficient (Wildman–Crippen LogP) is 1.47. The lowest BCUT2D eigenvalue weighted by Gasteiger charge is -2.17. The number of likely N-dealkylation sites (N-methyl/N-ethyl adjacent to an activating group) is 1. The van der Waals surface area contributed by atoms with Gasteiger partial charge >= 0.3 is 0 Å². The Morgan fingerprint density at radius 1 is 1.11 bits per heavy atom. The van der Waals surface area contributed by atoms with Crippen LogP contribution in [0.4, 0.5) is 0 Å². The van der Waals surface area contributed by atoms with Crippen LogP contribution in [-0.4, -0.2) is 52.7 Å². The Morgan fingerprint density at radius 2 is 1.78 bits per heavy atom. The number of rotatable bonds is 8. The van der Waals surface area contributed by atoms with Crippen molar-refractivity contribution in [1.29, 1.82) is 0 Å². The van der Waals surface area contributed by atoms with E-state index in [1.54, 1.807) is 0 Å². The molecule has 0 unspecified atom stereocenters. The van der Waals surface area contributed by atoms with Gasteiger partial charge in [0.25, 0.3) is 5.91 Å². The van der Waals surface area contributed by atoms with E-state index in [1.807, 2.05) is 30.3 Å². The molecule has 0 spiro atoms. The minimum Gasteiger partial charge on any atom is -0.493 e. The summed E-state index contributed by atoms with van der Waals surface area (Å²) in [7, 11) is 0.298. The third kappa shape index (κ3) is 5.28. The average Bonchev–Trinajstić information content (AvgIpc) is 2.68. The van der Waals surface area contributed by atoms with Crippen LogP contribution in [-0.2, 0) is 14.8 Å². The Hall–Kier alpha value is -2.91. The smallest absolute Gasteiger partial charge is 0.255 e. The first-order valence-electron chi connectivity index (χ1n) is 7.94. The van der Waals surface area contributed by atoms with Crippen molar-refractivity contribution in [2.24, 2.45) is 5.10 Å². The molecule has 0 saturated carbocycles. The normalized spacial score (nSPS) is 11.6. The van der Waals surface area contributed by atoms with Gasteiger partial charge in [0.1, 0.15) is 0 Å². The molecule has 0 aliphatic heterocycles. The van der Waals surface area contributed by atoms with Crippen LogP contribution < -0.4 is 14.9 Å². The van der Waals surface area contributed by atoms with E-state index in [-0.39, 0.29) is 17.2 Å². The van der Waals surface area contributed by atoms with Gasteiger partial charge in [-0.15, -0.1) is 0 Å². The fourth-order valence-corrected chi connectivity index (χ4v) is 3.34. The van der Waals surface area contributed by atoms with Gasteiger partial charge in [0.05, 0.1) is 31.9 Å². The zero-order valence-electron chi connectivity index (χ0n) is 15.2. The van der Waals surface area contributed by atoms with Crippen LogP contribution in [0.5, 0.6) is 11.5 Å². The van der Waals surface area contributed by atoms with Gasteiger partial charge in [-0.1, -0.05) is 30.3 Å². The number of carbonyl (C=O) groups excluding carboxylic acids is 1. The van der Waals surface area contributed by atoms with Gasteiger partial charge in [-0.2, -0.15) is 9.41 Å². The van der Waals surface area contributed by atoms with Crippen LogP contribution in [0, 0.1) is 0 Å². The molecule has 144 valence electrons. The Morgan fingerprint density at radius 3 is 2.41 bits per heavy atom. The molecule has 0 heterocycles. The number of hydrogen-bond donors (Lipinski definition) is 1. The Bertz CT molecular complexity index is 914. The lowest BCUT2D eigenvalue weighted by atomic mass is 10.2. The second-order valence-electron chi connectivity index (χ2n) is 5.48. The summed E-state index contributed by atoms with van der Waals surface area (Å²) in [5.74, 6) is 0.129. The van der Waals surface area contributed by atoms with Gasteiger partial charge in [-0.25, -0.2) is 13.8 Å². The maximum Gasteiger partial charge on any atom is 0.255 e. The number of ether oxygens (including phenoxy) is 2. The summed E-state index contributed by atoms with van der Waals surface area (Å²) in [5.41, 5.74) is 3.12. The highest BCUT2D eigenvalue weighted by Crippen LogP contribution is 2.30. The highest BCUT2D eigenvalue weighted by Gasteiger charge is 2.24. The monoisotopic (exact) mass is 391 g/mol. The third-order valence-electron chi connectivity index (χ3n) is 3.63. The summed E-state index contributed by atoms with van der Waals surface area (Å²) in [6.07, 6.45) is 1.47. The molecular weight excluding hydrogens is 370 g/mol. The zero-order chi connectivity index (χ0) is 19.9. The number of methoxy groups -OCH3 is 2. The van der Waals surface area contributed by atoms with E-state index in [4.69, 9.17) is 9.47 Å². The van der Waals surface area contributed by atoms with Gasteiger partial charge in [0.2, 0.25) is 10.0 Å². The lowest BCUT2D eigenvalue weighted by Crippen LogP contribution is -2.36. The van der Waals surface area contributed by atoms with Crippen molar-refractivity contribution in [3.63, 3.8) is 0 Å². The van der Waals surface area contributed by atoms with Crippen LogP contribution in [0.15, 0.2) is 58.5 Å². The molecule has 0 atom stereocenters. The molecule has 1 amide bonds. The first kappa shape index (κ1) is 20.4. The maximum absolute atomic E-state index is 12.6. The fourth-order valence-electron chi connectivity index (χ4n) is 2.20. The standard InChI is InChI=1S/C18H21N3O5S/c1-21(13-18(22)20-19-12-14-7-5-4-6-8-14)27(23,24)15-9-10-16(25-2)17(11-15)26-3/h4-12H,13H2,1-3H3,(H,20,22)/b19-12-. The number of benzene rings is 2. The SMILES string of the molecule is COc1ccc(S(=O)(=O)N(C)CC(=O)N/N=C\c2ccccc2)cc1OC. The van der Waals surface area contributed by atoms with Crippen LogP contribution in [0.3, 0.4) is 0 Å². The van der Waals surface area contributed by atoms with E-state index in [0.717, 1.165) is 9.87 Å². The average molecular weight is 391 g/mol. The van der Waals surface area contributed by atoms with E-state index in [0.29, 0.717) is 5.75 Å². The van der Waals surface area contributed by atoms with E-state index in [9.17, 15) is 13.2 Å². The number of amides is 1. The van der Waals surface area contributed by atoms with Crippen molar-refractivity contribution < 1.29 is 22.7 Å². The molecule has 0 fully saturated rings. The minimum absolute atomic E-state index is 0.0109. The highest BCUT2D eigenvalue weighted by molar-refractivity contribution is 7.89. The van der Waals surface area contributed by atoms with E-state index >= 15 is 0 Å². The van der Waals surface area contributed by atoms with E-state index in [1.165, 1.54) is 45.7 Å². The lowest BCUT2D eigenvalue weighted by molar-refractivity contribution is -0.121. The molecule has 27 heavy (non-hydrogen) atoms. The quantitative estimate of drug-likeness (QED) is 0.543. The van der Waals surface area contributed by atoms with E-state index in [2.05, 4.69) is 10.5 Å². The van der Waals surface area contributed by atoms with Crippen molar-refractivity contribution in [3.05, 3.63) is 54.1 Å². The number of nitrogens with one attached hydrogen (secondary N) is 1. The van der Waals surface area contributed by atoms with Crippen molar-refractivity contribution in [2.45, 2.75) is 4.90 Å².